The first kappa shape index (κ1) is 40.0. The number of methoxy groups -OCH3 is 4. The Morgan fingerprint density at radius 1 is 0.571 bits per heavy atom. The number of rotatable bonds is 25. The molecule has 0 aromatic carbocycles. The van der Waals surface area contributed by atoms with Gasteiger partial charge in [-0.25, -0.2) is 9.59 Å². The fourth-order valence-corrected chi connectivity index (χ4v) is 5.65. The van der Waals surface area contributed by atoms with E-state index < -0.39 is 10.6 Å². The second kappa shape index (κ2) is 26.6. The van der Waals surface area contributed by atoms with Crippen molar-refractivity contribution in [3.8, 4) is 0 Å². The Labute approximate surface area is 261 Å². The molecule has 10 nitrogen and oxygen atoms in total. The highest BCUT2D eigenvalue weighted by atomic mass is 32.2. The smallest absolute Gasteiger partial charge is 0.371 e. The summed E-state index contributed by atoms with van der Waals surface area (Å²) in [5.74, 6) is 0. The molecule has 0 aromatic heterocycles. The van der Waals surface area contributed by atoms with Crippen molar-refractivity contribution in [1.82, 2.24) is 9.80 Å². The van der Waals surface area contributed by atoms with Crippen LogP contribution >= 0.6 is 23.5 Å². The summed E-state index contributed by atoms with van der Waals surface area (Å²) in [6, 6.07) is 0. The average Bonchev–Trinajstić information content (AvgIpc) is 3.00. The van der Waals surface area contributed by atoms with Gasteiger partial charge in [-0.05, 0) is 50.2 Å². The summed E-state index contributed by atoms with van der Waals surface area (Å²) >= 11 is 2.01. The zero-order chi connectivity index (χ0) is 31.6. The Balaban J connectivity index is 4.30. The van der Waals surface area contributed by atoms with Crippen LogP contribution < -0.4 is 0 Å². The number of hydrogen-bond donors (Lipinski definition) is 0. The third-order valence-electron chi connectivity index (χ3n) is 6.78. The minimum absolute atomic E-state index is 0.402. The number of carbonyl (C=O) groups is 4. The Morgan fingerprint density at radius 2 is 0.881 bits per heavy atom. The SMILES string of the molecule is COCC/C(SC(=O)OC)=C(\C)N(C=O)CCCCCCCCCCCCN(C=O)/C(C)=C(/CCOC)SC(=O)OC. The molecule has 0 aliphatic heterocycles. The van der Waals surface area contributed by atoms with Gasteiger partial charge in [0.25, 0.3) is 0 Å². The van der Waals surface area contributed by atoms with E-state index in [4.69, 9.17) is 18.9 Å². The highest BCUT2D eigenvalue weighted by molar-refractivity contribution is 8.16. The van der Waals surface area contributed by atoms with E-state index in [0.717, 1.165) is 109 Å². The number of allylic oxidation sites excluding steroid dienone is 2. The third kappa shape index (κ3) is 18.5. The summed E-state index contributed by atoms with van der Waals surface area (Å²) in [5.41, 5.74) is 1.54. The standard InChI is InChI=1S/C30H52N2O8S2/c1-25(27(17-21-37-3)41-29(35)39-5)31(23-33)19-15-13-11-9-7-8-10-12-14-16-20-32(24-34)26(2)28(18-22-38-4)42-30(36)40-6/h23-24H,7-22H2,1-6H3/b27-25-,28-26-. The van der Waals surface area contributed by atoms with Crippen LogP contribution in [0.15, 0.2) is 21.2 Å². The fraction of sp³-hybridized carbons (Fsp3) is 0.733. The number of amides is 2. The molecule has 0 spiro atoms. The molecule has 0 rings (SSSR count). The lowest BCUT2D eigenvalue weighted by molar-refractivity contribution is -0.117. The number of hydrogen-bond acceptors (Lipinski definition) is 10. The van der Waals surface area contributed by atoms with Gasteiger partial charge in [-0.3, -0.25) is 9.59 Å². The second-order valence-corrected chi connectivity index (χ2v) is 11.8. The van der Waals surface area contributed by atoms with Gasteiger partial charge < -0.3 is 28.7 Å². The Morgan fingerprint density at radius 3 is 1.14 bits per heavy atom. The average molecular weight is 633 g/mol. The molecule has 0 aliphatic rings. The van der Waals surface area contributed by atoms with Crippen LogP contribution in [0.2, 0.25) is 0 Å². The van der Waals surface area contributed by atoms with Crippen LogP contribution in [0.5, 0.6) is 0 Å². The van der Waals surface area contributed by atoms with Gasteiger partial charge in [-0.1, -0.05) is 51.4 Å². The molecule has 0 aliphatic carbocycles. The normalized spacial score (nSPS) is 12.2. The zero-order valence-electron chi connectivity index (χ0n) is 26.4. The number of carbonyl (C=O) groups excluding carboxylic acids is 4. The molecule has 0 unspecified atom stereocenters. The van der Waals surface area contributed by atoms with Crippen LogP contribution in [0.25, 0.3) is 0 Å². The first-order valence-electron chi connectivity index (χ1n) is 14.6. The molecule has 242 valence electrons. The maximum absolute atomic E-state index is 11.7. The van der Waals surface area contributed by atoms with Crippen LogP contribution in [-0.2, 0) is 28.5 Å². The van der Waals surface area contributed by atoms with Gasteiger partial charge in [-0.15, -0.1) is 0 Å². The number of thioether (sulfide) groups is 2. The van der Waals surface area contributed by atoms with Crippen molar-refractivity contribution in [2.24, 2.45) is 0 Å². The molecule has 42 heavy (non-hydrogen) atoms. The van der Waals surface area contributed by atoms with Crippen LogP contribution in [0, 0.1) is 0 Å². The number of nitrogens with zero attached hydrogens (tertiary/aromatic N) is 2. The minimum Gasteiger partial charge on any atom is -0.461 e. The van der Waals surface area contributed by atoms with Crippen molar-refractivity contribution in [2.75, 3.05) is 54.7 Å². The monoisotopic (exact) mass is 632 g/mol. The van der Waals surface area contributed by atoms with E-state index in [9.17, 15) is 19.2 Å². The predicted octanol–water partition coefficient (Wildman–Crippen LogP) is 7.34. The quantitative estimate of drug-likeness (QED) is 0.0576. The van der Waals surface area contributed by atoms with Gasteiger partial charge in [-0.2, -0.15) is 0 Å². The highest BCUT2D eigenvalue weighted by Crippen LogP contribution is 2.28. The van der Waals surface area contributed by atoms with Crippen LogP contribution in [-0.4, -0.2) is 88.0 Å². The van der Waals surface area contributed by atoms with Crippen molar-refractivity contribution < 1.29 is 38.1 Å². The lowest BCUT2D eigenvalue weighted by Crippen LogP contribution is -2.22. The van der Waals surface area contributed by atoms with Crippen LogP contribution in [0.4, 0.5) is 9.59 Å². The fourth-order valence-electron chi connectivity index (χ4n) is 4.18. The van der Waals surface area contributed by atoms with Crippen molar-refractivity contribution >= 4 is 46.9 Å². The van der Waals surface area contributed by atoms with E-state index >= 15 is 0 Å². The third-order valence-corrected chi connectivity index (χ3v) is 8.94. The van der Waals surface area contributed by atoms with Crippen LogP contribution in [0.3, 0.4) is 0 Å². The molecule has 0 heterocycles. The lowest BCUT2D eigenvalue weighted by atomic mass is 10.1. The van der Waals surface area contributed by atoms with Gasteiger partial charge in [0.15, 0.2) is 0 Å². The summed E-state index contributed by atoms with van der Waals surface area (Å²) < 4.78 is 19.8. The second-order valence-electron chi connectivity index (χ2n) is 9.75. The van der Waals surface area contributed by atoms with E-state index in [1.807, 2.05) is 13.8 Å². The molecule has 0 fully saturated rings. The molecule has 2 amide bonds. The predicted molar refractivity (Wildman–Crippen MR) is 170 cm³/mol. The van der Waals surface area contributed by atoms with E-state index in [0.29, 0.717) is 39.1 Å². The summed E-state index contributed by atoms with van der Waals surface area (Å²) in [6.07, 6.45) is 13.6. The molecule has 12 heteroatoms. The topological polar surface area (TPSA) is 112 Å². The summed E-state index contributed by atoms with van der Waals surface area (Å²) in [6.45, 7) is 5.88. The van der Waals surface area contributed by atoms with Crippen molar-refractivity contribution in [3.05, 3.63) is 21.2 Å². The maximum Gasteiger partial charge on any atom is 0.371 e. The zero-order valence-corrected chi connectivity index (χ0v) is 28.1. The molecule has 0 bridgehead atoms. The molecule has 0 N–H and O–H groups in total. The van der Waals surface area contributed by atoms with Crippen molar-refractivity contribution in [1.29, 1.82) is 0 Å². The van der Waals surface area contributed by atoms with Gasteiger partial charge in [0.2, 0.25) is 12.8 Å². The number of unbranched alkanes of at least 4 members (excludes halogenated alkanes) is 9. The van der Waals surface area contributed by atoms with E-state index in [-0.39, 0.29) is 0 Å². The molecule has 0 saturated heterocycles. The Hall–Kier alpha value is -2.02. The maximum atomic E-state index is 11.7. The van der Waals surface area contributed by atoms with Gasteiger partial charge >= 0.3 is 10.6 Å². The largest absolute Gasteiger partial charge is 0.461 e. The first-order valence-corrected chi connectivity index (χ1v) is 16.3. The van der Waals surface area contributed by atoms with E-state index in [2.05, 4.69) is 0 Å². The first-order chi connectivity index (χ1) is 20.3. The van der Waals surface area contributed by atoms with Gasteiger partial charge in [0, 0.05) is 61.4 Å². The molecular weight excluding hydrogens is 580 g/mol. The van der Waals surface area contributed by atoms with Crippen molar-refractivity contribution in [2.45, 2.75) is 90.9 Å². The van der Waals surface area contributed by atoms with E-state index in [1.165, 1.54) is 27.1 Å². The summed E-state index contributed by atoms with van der Waals surface area (Å²) in [5, 5.41) is -0.805. The molecule has 0 saturated carbocycles. The molecule has 0 radical (unpaired) electrons. The number of ether oxygens (including phenoxy) is 4. The summed E-state index contributed by atoms with van der Waals surface area (Å²) in [7, 11) is 5.90. The van der Waals surface area contributed by atoms with Crippen LogP contribution in [0.1, 0.15) is 90.9 Å². The molecule has 0 aromatic rings. The van der Waals surface area contributed by atoms with Crippen molar-refractivity contribution in [3.63, 3.8) is 0 Å². The molecule has 0 atom stereocenters. The van der Waals surface area contributed by atoms with Gasteiger partial charge in [0.1, 0.15) is 0 Å². The van der Waals surface area contributed by atoms with Gasteiger partial charge in [0.05, 0.1) is 27.4 Å². The molecular formula is C30H52N2O8S2. The Kier molecular flexibility index (Phi) is 25.3. The minimum atomic E-state index is -0.402. The van der Waals surface area contributed by atoms with E-state index in [1.54, 1.807) is 24.0 Å². The highest BCUT2D eigenvalue weighted by Gasteiger charge is 2.16. The Bertz CT molecular complexity index is 783. The summed E-state index contributed by atoms with van der Waals surface area (Å²) in [4.78, 5) is 51.8. The lowest BCUT2D eigenvalue weighted by Gasteiger charge is -2.21.